The van der Waals surface area contributed by atoms with Gasteiger partial charge < -0.3 is 9.47 Å². The van der Waals surface area contributed by atoms with Crippen LogP contribution in [0.1, 0.15) is 52.9 Å². The molecular formula is C22H31FN2O2. The van der Waals surface area contributed by atoms with Gasteiger partial charge in [-0.1, -0.05) is 25.8 Å². The molecule has 0 bridgehead atoms. The van der Waals surface area contributed by atoms with Gasteiger partial charge in [-0.2, -0.15) is 0 Å². The summed E-state index contributed by atoms with van der Waals surface area (Å²) in [4.78, 5) is 0. The van der Waals surface area contributed by atoms with Crippen molar-refractivity contribution in [2.45, 2.75) is 58.7 Å². The standard InChI is InChI=1S/C22H31FN2O2/c1-4-5-18-14-16(2)17(10-11-22(3)26-12-13-27-22)15-21(18)25(24)20-8-6-19(23)7-9-20/h6-9,15-16H,4-5,10-14,24H2,1-3H3. The number of hydrogen-bond donors (Lipinski definition) is 1. The lowest BCUT2D eigenvalue weighted by Crippen LogP contribution is -2.32. The molecule has 2 N–H and O–H groups in total. The summed E-state index contributed by atoms with van der Waals surface area (Å²) in [5, 5.41) is 1.70. The fourth-order valence-corrected chi connectivity index (χ4v) is 3.93. The number of nitrogens with two attached hydrogens (primary N) is 1. The first-order valence-electron chi connectivity index (χ1n) is 9.92. The maximum absolute atomic E-state index is 13.3. The summed E-state index contributed by atoms with van der Waals surface area (Å²) in [6, 6.07) is 6.33. The monoisotopic (exact) mass is 374 g/mol. The Kier molecular flexibility index (Phi) is 6.35. The number of rotatable bonds is 7. The topological polar surface area (TPSA) is 47.7 Å². The van der Waals surface area contributed by atoms with Crippen molar-refractivity contribution in [2.75, 3.05) is 18.2 Å². The molecule has 0 amide bonds. The highest BCUT2D eigenvalue weighted by molar-refractivity contribution is 5.55. The van der Waals surface area contributed by atoms with Crippen LogP contribution >= 0.6 is 0 Å². The molecule has 4 nitrogen and oxygen atoms in total. The predicted octanol–water partition coefficient (Wildman–Crippen LogP) is 5.07. The number of ether oxygens (including phenoxy) is 2. The van der Waals surface area contributed by atoms with Crippen molar-refractivity contribution in [3.05, 3.63) is 53.0 Å². The van der Waals surface area contributed by atoms with Gasteiger partial charge in [0.05, 0.1) is 24.6 Å². The maximum atomic E-state index is 13.3. The largest absolute Gasteiger partial charge is 0.348 e. The van der Waals surface area contributed by atoms with Gasteiger partial charge in [0.2, 0.25) is 0 Å². The number of hydrazine groups is 1. The molecule has 27 heavy (non-hydrogen) atoms. The van der Waals surface area contributed by atoms with Crippen molar-refractivity contribution in [2.24, 2.45) is 11.8 Å². The van der Waals surface area contributed by atoms with Gasteiger partial charge in [0.25, 0.3) is 0 Å². The number of hydrogen-bond acceptors (Lipinski definition) is 4. The first-order valence-corrected chi connectivity index (χ1v) is 9.92. The van der Waals surface area contributed by atoms with Crippen LogP contribution in [0.4, 0.5) is 10.1 Å². The maximum Gasteiger partial charge on any atom is 0.166 e. The first kappa shape index (κ1) is 20.1. The van der Waals surface area contributed by atoms with Crippen LogP contribution in [0.2, 0.25) is 0 Å². The van der Waals surface area contributed by atoms with Crippen LogP contribution in [-0.4, -0.2) is 19.0 Å². The Morgan fingerprint density at radius 1 is 1.19 bits per heavy atom. The van der Waals surface area contributed by atoms with E-state index in [4.69, 9.17) is 15.3 Å². The lowest BCUT2D eigenvalue weighted by molar-refractivity contribution is -0.146. The highest BCUT2D eigenvalue weighted by Gasteiger charge is 2.32. The van der Waals surface area contributed by atoms with Gasteiger partial charge in [0.15, 0.2) is 5.79 Å². The van der Waals surface area contributed by atoms with Gasteiger partial charge >= 0.3 is 0 Å². The Balaban J connectivity index is 1.83. The summed E-state index contributed by atoms with van der Waals surface area (Å²) < 4.78 is 24.8. The summed E-state index contributed by atoms with van der Waals surface area (Å²) >= 11 is 0. The zero-order valence-corrected chi connectivity index (χ0v) is 16.6. The van der Waals surface area contributed by atoms with Crippen molar-refractivity contribution >= 4 is 5.69 Å². The molecule has 3 rings (SSSR count). The SMILES string of the molecule is CCCC1=C(N(N)c2ccc(F)cc2)C=C(CCC2(C)OCCO2)C(C)C1. The van der Waals surface area contributed by atoms with Crippen molar-refractivity contribution in [3.8, 4) is 0 Å². The van der Waals surface area contributed by atoms with Gasteiger partial charge in [-0.3, -0.25) is 5.01 Å². The Morgan fingerprint density at radius 3 is 2.48 bits per heavy atom. The molecule has 1 aromatic rings. The third kappa shape index (κ3) is 4.78. The van der Waals surface area contributed by atoms with E-state index in [0.29, 0.717) is 19.1 Å². The average molecular weight is 375 g/mol. The van der Waals surface area contributed by atoms with E-state index < -0.39 is 5.79 Å². The molecule has 1 aliphatic heterocycles. The van der Waals surface area contributed by atoms with E-state index in [-0.39, 0.29) is 5.82 Å². The third-order valence-corrected chi connectivity index (χ3v) is 5.55. The molecule has 0 saturated carbocycles. The van der Waals surface area contributed by atoms with E-state index in [1.165, 1.54) is 23.3 Å². The molecule has 2 aliphatic rings. The average Bonchev–Trinajstić information content (AvgIpc) is 3.08. The quantitative estimate of drug-likeness (QED) is 0.535. The van der Waals surface area contributed by atoms with Crippen LogP contribution in [0.5, 0.6) is 0 Å². The fraction of sp³-hybridized carbons (Fsp3) is 0.545. The zero-order valence-electron chi connectivity index (χ0n) is 16.6. The smallest absolute Gasteiger partial charge is 0.166 e. The van der Waals surface area contributed by atoms with E-state index >= 15 is 0 Å². The molecule has 1 aliphatic carbocycles. The Bertz CT molecular complexity index is 706. The van der Waals surface area contributed by atoms with Crippen molar-refractivity contribution in [3.63, 3.8) is 0 Å². The third-order valence-electron chi connectivity index (χ3n) is 5.55. The van der Waals surface area contributed by atoms with Crippen LogP contribution < -0.4 is 10.9 Å². The second-order valence-electron chi connectivity index (χ2n) is 7.74. The number of allylic oxidation sites excluding steroid dienone is 3. The van der Waals surface area contributed by atoms with Gasteiger partial charge in [-0.15, -0.1) is 0 Å². The molecule has 5 heteroatoms. The molecule has 1 saturated heterocycles. The molecule has 1 aromatic carbocycles. The zero-order chi connectivity index (χ0) is 19.4. The van der Waals surface area contributed by atoms with Crippen LogP contribution in [0, 0.1) is 11.7 Å². The molecule has 0 aromatic heterocycles. The molecule has 148 valence electrons. The molecule has 0 spiro atoms. The minimum absolute atomic E-state index is 0.256. The highest BCUT2D eigenvalue weighted by Crippen LogP contribution is 2.37. The van der Waals surface area contributed by atoms with Crippen molar-refractivity contribution in [1.29, 1.82) is 0 Å². The van der Waals surface area contributed by atoms with Crippen LogP contribution in [0.25, 0.3) is 0 Å². The van der Waals surface area contributed by atoms with E-state index in [2.05, 4.69) is 19.9 Å². The highest BCUT2D eigenvalue weighted by atomic mass is 19.1. The Hall–Kier alpha value is -1.69. The summed E-state index contributed by atoms with van der Waals surface area (Å²) in [6.45, 7) is 7.80. The minimum Gasteiger partial charge on any atom is -0.348 e. The summed E-state index contributed by atoms with van der Waals surface area (Å²) in [5.74, 6) is 6.19. The summed E-state index contributed by atoms with van der Waals surface area (Å²) in [6.07, 6.45) is 7.07. The molecule has 1 heterocycles. The van der Waals surface area contributed by atoms with Gasteiger partial charge in [0, 0.05) is 6.42 Å². The van der Waals surface area contributed by atoms with E-state index in [0.717, 1.165) is 43.5 Å². The number of benzene rings is 1. The van der Waals surface area contributed by atoms with Crippen LogP contribution in [0.15, 0.2) is 47.2 Å². The number of halogens is 1. The Labute approximate surface area is 161 Å². The van der Waals surface area contributed by atoms with Gasteiger partial charge in [-0.25, -0.2) is 10.2 Å². The van der Waals surface area contributed by atoms with Crippen molar-refractivity contribution in [1.82, 2.24) is 0 Å². The molecule has 0 radical (unpaired) electrons. The lowest BCUT2D eigenvalue weighted by atomic mass is 9.82. The van der Waals surface area contributed by atoms with Gasteiger partial charge in [-0.05, 0) is 68.0 Å². The van der Waals surface area contributed by atoms with Gasteiger partial charge in [0.1, 0.15) is 5.82 Å². The van der Waals surface area contributed by atoms with Crippen molar-refractivity contribution < 1.29 is 13.9 Å². The number of anilines is 1. The molecule has 1 atom stereocenters. The minimum atomic E-state index is -0.479. The summed E-state index contributed by atoms with van der Waals surface area (Å²) in [7, 11) is 0. The normalized spacial score (nSPS) is 22.1. The predicted molar refractivity (Wildman–Crippen MR) is 106 cm³/mol. The van der Waals surface area contributed by atoms with Crippen LogP contribution in [0.3, 0.4) is 0 Å². The molecule has 1 fully saturated rings. The Morgan fingerprint density at radius 2 is 1.85 bits per heavy atom. The lowest BCUT2D eigenvalue weighted by Gasteiger charge is -2.32. The van der Waals surface area contributed by atoms with E-state index in [9.17, 15) is 4.39 Å². The first-order chi connectivity index (χ1) is 12.9. The van der Waals surface area contributed by atoms with Crippen LogP contribution in [-0.2, 0) is 9.47 Å². The second kappa shape index (κ2) is 8.55. The molecule has 1 unspecified atom stereocenters. The number of nitrogens with zero attached hydrogens (tertiary/aromatic N) is 1. The van der Waals surface area contributed by atoms with E-state index in [1.807, 2.05) is 6.92 Å². The molecular weight excluding hydrogens is 343 g/mol. The summed E-state index contributed by atoms with van der Waals surface area (Å²) in [5.41, 5.74) is 4.55. The second-order valence-corrected chi connectivity index (χ2v) is 7.74. The van der Waals surface area contributed by atoms with E-state index in [1.54, 1.807) is 17.1 Å². The fourth-order valence-electron chi connectivity index (χ4n) is 3.93.